The van der Waals surface area contributed by atoms with Gasteiger partial charge in [0.25, 0.3) is 5.56 Å². The molecule has 10 heteroatoms. The zero-order valence-electron chi connectivity index (χ0n) is 23.4. The lowest BCUT2D eigenvalue weighted by atomic mass is 10.1. The maximum Gasteiger partial charge on any atom is 0.416 e. The van der Waals surface area contributed by atoms with Crippen molar-refractivity contribution in [3.8, 4) is 5.69 Å². The minimum atomic E-state index is -4.57. The molecular weight excluding hydrogens is 577 g/mol. The second kappa shape index (κ2) is 12.3. The Labute approximate surface area is 251 Å². The van der Waals surface area contributed by atoms with E-state index in [-0.39, 0.29) is 17.8 Å². The van der Waals surface area contributed by atoms with Gasteiger partial charge in [0.15, 0.2) is 0 Å². The predicted octanol–water partition coefficient (Wildman–Crippen LogP) is 8.20. The molecule has 2 amide bonds. The molecule has 0 aliphatic heterocycles. The number of hydrogen-bond donors (Lipinski definition) is 1. The summed E-state index contributed by atoms with van der Waals surface area (Å²) in [6.45, 7) is 3.76. The van der Waals surface area contributed by atoms with Crippen molar-refractivity contribution in [1.29, 1.82) is 0 Å². The van der Waals surface area contributed by atoms with Crippen molar-refractivity contribution in [2.75, 3.05) is 11.9 Å². The molecular formula is C33H28ClF3N4O2. The lowest BCUT2D eigenvalue weighted by Crippen LogP contribution is -2.41. The van der Waals surface area contributed by atoms with Crippen molar-refractivity contribution in [2.24, 2.45) is 0 Å². The van der Waals surface area contributed by atoms with E-state index in [1.54, 1.807) is 49.4 Å². The topological polar surface area (TPSA) is 67.2 Å². The highest BCUT2D eigenvalue weighted by Gasteiger charge is 2.31. The van der Waals surface area contributed by atoms with Crippen LogP contribution in [-0.2, 0) is 12.6 Å². The molecule has 220 valence electrons. The van der Waals surface area contributed by atoms with Gasteiger partial charge in [-0.3, -0.25) is 9.36 Å². The summed E-state index contributed by atoms with van der Waals surface area (Å²) in [7, 11) is 0. The van der Waals surface area contributed by atoms with E-state index in [1.165, 1.54) is 21.6 Å². The molecule has 0 aliphatic rings. The molecule has 0 spiro atoms. The van der Waals surface area contributed by atoms with Gasteiger partial charge in [-0.1, -0.05) is 60.1 Å². The van der Waals surface area contributed by atoms with Crippen molar-refractivity contribution in [1.82, 2.24) is 14.5 Å². The summed E-state index contributed by atoms with van der Waals surface area (Å²) in [5, 5.41) is 3.53. The van der Waals surface area contributed by atoms with E-state index in [4.69, 9.17) is 16.6 Å². The zero-order chi connectivity index (χ0) is 30.7. The van der Waals surface area contributed by atoms with E-state index in [0.717, 1.165) is 23.3 Å². The maximum atomic E-state index is 13.9. The quantitative estimate of drug-likeness (QED) is 0.204. The van der Waals surface area contributed by atoms with Crippen molar-refractivity contribution < 1.29 is 18.0 Å². The Hall–Kier alpha value is -4.63. The number of anilines is 1. The number of fused-ring (bicyclic) bond motifs is 1. The van der Waals surface area contributed by atoms with Gasteiger partial charge in [0, 0.05) is 17.3 Å². The Kier molecular flexibility index (Phi) is 8.54. The molecule has 1 heterocycles. The zero-order valence-corrected chi connectivity index (χ0v) is 24.2. The van der Waals surface area contributed by atoms with Crippen LogP contribution in [0.3, 0.4) is 0 Å². The molecule has 43 heavy (non-hydrogen) atoms. The Bertz CT molecular complexity index is 1840. The summed E-state index contributed by atoms with van der Waals surface area (Å²) in [5.74, 6) is 0.293. The van der Waals surface area contributed by atoms with E-state index in [2.05, 4.69) is 5.32 Å². The third-order valence-electron chi connectivity index (χ3n) is 7.23. The molecule has 0 fully saturated rings. The standard InChI is InChI=1S/C33H28ClF3N4O2/c1-21-19-25(34)15-16-29(21)41-30(39-28-14-7-6-13-27(28)31(41)42)22(2)40(18-17-23-9-4-3-5-10-23)32(43)38-26-12-8-11-24(20-26)33(35,36)37/h3-16,19-20,22H,17-18H2,1-2H3,(H,38,43). The van der Waals surface area contributed by atoms with E-state index >= 15 is 0 Å². The van der Waals surface area contributed by atoms with Crippen molar-refractivity contribution in [3.05, 3.63) is 135 Å². The fraction of sp³-hybridized carbons (Fsp3) is 0.182. The Morgan fingerprint density at radius 2 is 1.70 bits per heavy atom. The number of aryl methyl sites for hydroxylation is 1. The average Bonchev–Trinajstić information content (AvgIpc) is 2.98. The van der Waals surface area contributed by atoms with Gasteiger partial charge in [0.2, 0.25) is 0 Å². The summed E-state index contributed by atoms with van der Waals surface area (Å²) in [5.41, 5.74) is 1.49. The van der Waals surface area contributed by atoms with Gasteiger partial charge in [0.1, 0.15) is 5.82 Å². The number of alkyl halides is 3. The van der Waals surface area contributed by atoms with Crippen LogP contribution in [0.1, 0.15) is 35.5 Å². The number of nitrogens with one attached hydrogen (secondary N) is 1. The van der Waals surface area contributed by atoms with Crippen LogP contribution >= 0.6 is 11.6 Å². The SMILES string of the molecule is Cc1cc(Cl)ccc1-n1c(C(C)N(CCc2ccccc2)C(=O)Nc2cccc(C(F)(F)F)c2)nc2ccccc2c1=O. The average molecular weight is 605 g/mol. The largest absolute Gasteiger partial charge is 0.416 e. The van der Waals surface area contributed by atoms with Crippen LogP contribution in [0.15, 0.2) is 102 Å². The Morgan fingerprint density at radius 3 is 2.42 bits per heavy atom. The Morgan fingerprint density at radius 1 is 0.977 bits per heavy atom. The number of para-hydroxylation sites is 1. The highest BCUT2D eigenvalue weighted by molar-refractivity contribution is 6.30. The second-order valence-electron chi connectivity index (χ2n) is 10.2. The smallest absolute Gasteiger partial charge is 0.314 e. The number of urea groups is 1. The number of carbonyl (C=O) groups is 1. The number of hydrogen-bond acceptors (Lipinski definition) is 3. The van der Waals surface area contributed by atoms with Gasteiger partial charge in [-0.05, 0) is 79.9 Å². The number of amides is 2. The number of rotatable bonds is 7. The minimum absolute atomic E-state index is 0.00542. The number of nitrogens with zero attached hydrogens (tertiary/aromatic N) is 3. The molecule has 6 nitrogen and oxygen atoms in total. The fourth-order valence-corrected chi connectivity index (χ4v) is 5.23. The first-order valence-corrected chi connectivity index (χ1v) is 14.0. The molecule has 0 saturated heterocycles. The molecule has 5 aromatic rings. The summed E-state index contributed by atoms with van der Waals surface area (Å²) in [4.78, 5) is 34.1. The molecule has 1 N–H and O–H groups in total. The molecule has 1 unspecified atom stereocenters. The van der Waals surface area contributed by atoms with Crippen LogP contribution < -0.4 is 10.9 Å². The summed E-state index contributed by atoms with van der Waals surface area (Å²) < 4.78 is 41.6. The molecule has 0 aliphatic carbocycles. The first-order chi connectivity index (χ1) is 20.5. The summed E-state index contributed by atoms with van der Waals surface area (Å²) in [6, 6.07) is 24.6. The van der Waals surface area contributed by atoms with Crippen molar-refractivity contribution >= 4 is 34.2 Å². The molecule has 1 aromatic heterocycles. The van der Waals surface area contributed by atoms with Crippen molar-refractivity contribution in [3.63, 3.8) is 0 Å². The molecule has 1 atom stereocenters. The van der Waals surface area contributed by atoms with Crippen molar-refractivity contribution in [2.45, 2.75) is 32.5 Å². The molecule has 0 bridgehead atoms. The molecule has 4 aromatic carbocycles. The van der Waals surface area contributed by atoms with E-state index in [0.29, 0.717) is 33.9 Å². The fourth-order valence-electron chi connectivity index (χ4n) is 5.01. The van der Waals surface area contributed by atoms with Crippen LogP contribution in [0.25, 0.3) is 16.6 Å². The van der Waals surface area contributed by atoms with E-state index < -0.39 is 23.8 Å². The van der Waals surface area contributed by atoms with Crippen LogP contribution in [-0.4, -0.2) is 27.0 Å². The third kappa shape index (κ3) is 6.57. The molecule has 0 radical (unpaired) electrons. The van der Waals surface area contributed by atoms with Gasteiger partial charge in [-0.2, -0.15) is 13.2 Å². The highest BCUT2D eigenvalue weighted by atomic mass is 35.5. The number of halogens is 4. The first kappa shape index (κ1) is 29.8. The monoisotopic (exact) mass is 604 g/mol. The van der Waals surface area contributed by atoms with Crippen LogP contribution in [0.5, 0.6) is 0 Å². The van der Waals surface area contributed by atoms with E-state index in [9.17, 15) is 22.8 Å². The van der Waals surface area contributed by atoms with Gasteiger partial charge in [-0.15, -0.1) is 0 Å². The maximum absolute atomic E-state index is 13.9. The lowest BCUT2D eigenvalue weighted by Gasteiger charge is -2.31. The molecule has 5 rings (SSSR count). The number of aromatic nitrogens is 2. The predicted molar refractivity (Wildman–Crippen MR) is 163 cm³/mol. The Balaban J connectivity index is 1.61. The third-order valence-corrected chi connectivity index (χ3v) is 7.46. The van der Waals surface area contributed by atoms with E-state index in [1.807, 2.05) is 37.3 Å². The lowest BCUT2D eigenvalue weighted by molar-refractivity contribution is -0.137. The summed E-state index contributed by atoms with van der Waals surface area (Å²) >= 11 is 6.21. The van der Waals surface area contributed by atoms with Gasteiger partial charge in [0.05, 0.1) is 28.2 Å². The first-order valence-electron chi connectivity index (χ1n) is 13.6. The van der Waals surface area contributed by atoms with Crippen LogP contribution in [0, 0.1) is 6.92 Å². The molecule has 0 saturated carbocycles. The van der Waals surface area contributed by atoms with Crippen LogP contribution in [0.2, 0.25) is 5.02 Å². The number of benzene rings is 4. The summed E-state index contributed by atoms with van der Waals surface area (Å²) in [6.07, 6.45) is -4.11. The van der Waals surface area contributed by atoms with Crippen LogP contribution in [0.4, 0.5) is 23.7 Å². The second-order valence-corrected chi connectivity index (χ2v) is 10.6. The normalized spacial score (nSPS) is 12.2. The highest BCUT2D eigenvalue weighted by Crippen LogP contribution is 2.31. The number of carbonyl (C=O) groups excluding carboxylic acids is 1. The van der Waals surface area contributed by atoms with Gasteiger partial charge >= 0.3 is 12.2 Å². The van der Waals surface area contributed by atoms with Gasteiger partial charge < -0.3 is 10.2 Å². The van der Waals surface area contributed by atoms with Gasteiger partial charge in [-0.25, -0.2) is 9.78 Å². The minimum Gasteiger partial charge on any atom is -0.314 e.